The van der Waals surface area contributed by atoms with E-state index < -0.39 is 19.1 Å². The first kappa shape index (κ1) is 88.9. The number of carboxylic acids is 2. The van der Waals surface area contributed by atoms with E-state index in [1.807, 2.05) is 112 Å². The molecule has 11 aromatic rings. The van der Waals surface area contributed by atoms with Gasteiger partial charge in [0.05, 0.1) is 28.2 Å². The summed E-state index contributed by atoms with van der Waals surface area (Å²) in [6, 6.07) is 55.1. The average Bonchev–Trinajstić information content (AvgIpc) is 0.851. The van der Waals surface area contributed by atoms with Crippen molar-refractivity contribution in [3.05, 3.63) is 251 Å². The van der Waals surface area contributed by atoms with E-state index in [0.29, 0.717) is 63.1 Å². The smallest absolute Gasteiger partial charge is 0.478 e. The number of carboxylic acid groups (broad SMARTS) is 2. The number of hydrogen-bond donors (Lipinski definition) is 13. The Morgan fingerprint density at radius 2 is 0.784 bits per heavy atom. The molecule has 0 aliphatic heterocycles. The van der Waals surface area contributed by atoms with Crippen molar-refractivity contribution in [2.24, 2.45) is 5.73 Å². The van der Waals surface area contributed by atoms with Crippen molar-refractivity contribution in [2.75, 3.05) is 92.0 Å². The molecule has 0 aliphatic rings. The summed E-state index contributed by atoms with van der Waals surface area (Å²) in [6.45, 7) is 8.90. The number of aromatic carboxylic acids is 2. The number of benzene rings is 7. The van der Waals surface area contributed by atoms with Gasteiger partial charge in [0.1, 0.15) is 5.15 Å². The van der Waals surface area contributed by atoms with Gasteiger partial charge in [0.2, 0.25) is 46.1 Å². The normalized spacial score (nSPS) is 10.0. The van der Waals surface area contributed by atoms with Crippen LogP contribution >= 0.6 is 34.8 Å². The summed E-state index contributed by atoms with van der Waals surface area (Å²) in [6.07, 6.45) is 6.39. The molecule has 0 aliphatic carbocycles. The summed E-state index contributed by atoms with van der Waals surface area (Å²) >= 11 is 16.5. The van der Waals surface area contributed by atoms with Crippen LogP contribution in [0, 0.1) is 0 Å². The second kappa shape index (κ2) is 47.2. The molecule has 111 heavy (non-hydrogen) atoms. The molecule has 0 atom stereocenters. The van der Waals surface area contributed by atoms with Gasteiger partial charge in [0.15, 0.2) is 0 Å². The van der Waals surface area contributed by atoms with Crippen LogP contribution in [-0.4, -0.2) is 173 Å². The van der Waals surface area contributed by atoms with Crippen molar-refractivity contribution in [2.45, 2.75) is 27.7 Å². The summed E-state index contributed by atoms with van der Waals surface area (Å²) in [5.74, 6) is -1.79. The molecule has 0 bridgehead atoms. The first-order chi connectivity index (χ1) is 52.9. The highest BCUT2D eigenvalue weighted by molar-refractivity contribution is 6.58. The van der Waals surface area contributed by atoms with E-state index in [9.17, 15) is 33.6 Å². The lowest BCUT2D eigenvalue weighted by molar-refractivity contribution is -0.115. The van der Waals surface area contributed by atoms with Gasteiger partial charge in [-0.1, -0.05) is 78.3 Å². The Hall–Kier alpha value is -12.7. The lowest BCUT2D eigenvalue weighted by atomic mass is 9.80. The van der Waals surface area contributed by atoms with Crippen LogP contribution in [0.1, 0.15) is 58.8 Å². The van der Waals surface area contributed by atoms with Crippen LogP contribution in [0.4, 0.5) is 51.7 Å². The van der Waals surface area contributed by atoms with Gasteiger partial charge in [0.25, 0.3) is 5.91 Å². The second-order valence-electron chi connectivity index (χ2n) is 23.6. The molecular formula is C77H83BCl3N19O11. The number of hydrogen-bond acceptors (Lipinski definition) is 23. The number of anilines is 9. The average molecular weight is 1570 g/mol. The summed E-state index contributed by atoms with van der Waals surface area (Å²) in [7, 11) is 6.47. The number of carbonyl (C=O) groups is 7. The van der Waals surface area contributed by atoms with Gasteiger partial charge >= 0.3 is 19.1 Å². The Kier molecular flexibility index (Phi) is 37.8. The number of nitrogens with one attached hydrogen (secondary N) is 7. The lowest BCUT2D eigenvalue weighted by Crippen LogP contribution is -2.31. The molecule has 0 spiro atoms. The molecule has 7 aromatic carbocycles. The minimum absolute atomic E-state index is 0.0946. The fraction of sp³-hybridized carbons (Fsp3) is 0.156. The summed E-state index contributed by atoms with van der Waals surface area (Å²) in [4.78, 5) is 114. The van der Waals surface area contributed by atoms with Crippen LogP contribution in [0.15, 0.2) is 219 Å². The molecule has 11 rings (SSSR count). The molecule has 4 heterocycles. The van der Waals surface area contributed by atoms with Crippen molar-refractivity contribution in [3.8, 4) is 33.8 Å². The van der Waals surface area contributed by atoms with Crippen LogP contribution in [0.25, 0.3) is 33.8 Å². The standard InChI is InChI=1S/C23H26N6O2.C19H16N4O3.C12H10ClN3O.C8H10BNO3.C7H7NO2.C4H2Cl2N2.C4H12N2/c1-16(30)26-19-9-7-17(8-10-19)21-11-12-25-23(28-21)27-20-6-4-5-18(15-20)22(31)24-13-14-29(2)3;1-12(24)21-15-7-5-13(6-8-15)17-9-10-20-19(23-17)22-16-4-2-3-14(11-16)18(25)26;1-8(17)15-10-4-2-9(3-5-10)11-6-7-14-12(13)16-11;1-6(11)10-8-4-2-7(3-5-8)9(12)13;8-6-3-1-2-5(4-6)7(9)10;5-3-1-2-7-4(6)8-3;1-6(2)4-3-5/h4-12,15H,13-14H2,1-3H3,(H,24,31)(H,26,30)(H,25,27,28);2-11H,1H3,(H,21,24)(H,25,26)(H,20,22,23);2-7H,1H3,(H,15,17);2-5,12-13H,1H3,(H,10,11);1-4H,8H2,(H,9,10);1-2H;3-5H2,1-2H3. The zero-order chi connectivity index (χ0) is 81.4. The fourth-order valence-corrected chi connectivity index (χ4v) is 9.32. The van der Waals surface area contributed by atoms with Gasteiger partial charge in [0, 0.05) is 141 Å². The number of likely N-dealkylation sites (N-methyl/N-ethyl adjacent to an activating group) is 2. The van der Waals surface area contributed by atoms with Gasteiger partial charge < -0.3 is 78.7 Å². The first-order valence-electron chi connectivity index (χ1n) is 33.4. The maximum Gasteiger partial charge on any atom is 0.488 e. The van der Waals surface area contributed by atoms with E-state index in [1.165, 1.54) is 70.3 Å². The van der Waals surface area contributed by atoms with E-state index in [0.717, 1.165) is 64.8 Å². The van der Waals surface area contributed by atoms with Gasteiger partial charge in [-0.3, -0.25) is 24.0 Å². The third-order valence-corrected chi connectivity index (χ3v) is 14.4. The Labute approximate surface area is 656 Å². The van der Waals surface area contributed by atoms with Crippen LogP contribution in [-0.2, 0) is 19.2 Å². The SMILES string of the molecule is CC(=O)Nc1ccc(-c2ccnc(Cl)n2)cc1.CC(=O)Nc1ccc(-c2ccnc(Nc3cccc(C(=O)NCCN(C)C)c3)n2)cc1.CC(=O)Nc1ccc(-c2ccnc(Nc3cccc(C(=O)O)c3)n2)cc1.CC(=O)Nc1ccc(B(O)O)cc1.CN(C)CCN.Clc1ccnc(Cl)n1.Nc1cccc(C(=O)O)c1. The highest BCUT2D eigenvalue weighted by atomic mass is 35.5. The molecule has 34 heteroatoms. The predicted molar refractivity (Wildman–Crippen MR) is 436 cm³/mol. The van der Waals surface area contributed by atoms with Crippen molar-refractivity contribution < 1.29 is 53.8 Å². The largest absolute Gasteiger partial charge is 0.488 e. The third-order valence-electron chi connectivity index (χ3n) is 13.9. The van der Waals surface area contributed by atoms with E-state index >= 15 is 0 Å². The van der Waals surface area contributed by atoms with E-state index in [4.69, 9.17) is 66.5 Å². The van der Waals surface area contributed by atoms with Crippen LogP contribution in [0.5, 0.6) is 0 Å². The van der Waals surface area contributed by atoms with Crippen molar-refractivity contribution in [3.63, 3.8) is 0 Å². The molecule has 0 saturated carbocycles. The molecule has 576 valence electrons. The second-order valence-corrected chi connectivity index (χ2v) is 24.7. The number of carbonyl (C=O) groups excluding carboxylic acids is 5. The molecule has 0 unspecified atom stereocenters. The predicted octanol–water partition coefficient (Wildman–Crippen LogP) is 11.0. The summed E-state index contributed by atoms with van der Waals surface area (Å²) < 4.78 is 0. The Morgan fingerprint density at radius 3 is 1.12 bits per heavy atom. The quantitative estimate of drug-likeness (QED) is 0.0146. The van der Waals surface area contributed by atoms with E-state index in [2.05, 4.69) is 82.0 Å². The maximum atomic E-state index is 12.3. The number of aromatic nitrogens is 8. The third kappa shape index (κ3) is 35.3. The van der Waals surface area contributed by atoms with Gasteiger partial charge in [-0.25, -0.2) is 49.5 Å². The van der Waals surface area contributed by atoms with Crippen molar-refractivity contribution in [1.82, 2.24) is 55.0 Å². The molecule has 30 nitrogen and oxygen atoms in total. The Balaban J connectivity index is 0.000000247. The number of halogens is 3. The number of nitrogens with two attached hydrogens (primary N) is 2. The van der Waals surface area contributed by atoms with E-state index in [-0.39, 0.29) is 51.2 Å². The molecule has 4 aromatic heterocycles. The van der Waals surface area contributed by atoms with Gasteiger partial charge in [-0.2, -0.15) is 0 Å². The summed E-state index contributed by atoms with van der Waals surface area (Å²) in [5.41, 5.74) is 21.4. The molecule has 0 saturated heterocycles. The lowest BCUT2D eigenvalue weighted by Gasteiger charge is -2.11. The minimum Gasteiger partial charge on any atom is -0.478 e. The minimum atomic E-state index is -1.47. The number of nitrogen functional groups attached to an aromatic ring is 1. The number of rotatable bonds is 20. The zero-order valence-electron chi connectivity index (χ0n) is 61.6. The highest BCUT2D eigenvalue weighted by Crippen LogP contribution is 2.25. The van der Waals surface area contributed by atoms with Crippen LogP contribution in [0.2, 0.25) is 15.7 Å². The highest BCUT2D eigenvalue weighted by Gasteiger charge is 2.13. The zero-order valence-corrected chi connectivity index (χ0v) is 63.9. The van der Waals surface area contributed by atoms with Crippen molar-refractivity contribution >= 4 is 141 Å². The summed E-state index contributed by atoms with van der Waals surface area (Å²) in [5, 5.41) is 55.6. The van der Waals surface area contributed by atoms with Gasteiger partial charge in [-0.05, 0) is 184 Å². The van der Waals surface area contributed by atoms with Crippen LogP contribution < -0.4 is 54.1 Å². The molecule has 5 amide bonds. The molecular weight excluding hydrogens is 1480 g/mol. The maximum absolute atomic E-state index is 12.3. The fourth-order valence-electron chi connectivity index (χ4n) is 8.85. The van der Waals surface area contributed by atoms with E-state index in [1.54, 1.807) is 97.5 Å². The molecule has 0 radical (unpaired) electrons. The number of amides is 5. The Bertz CT molecular complexity index is 4810. The first-order valence-corrected chi connectivity index (χ1v) is 34.6. The van der Waals surface area contributed by atoms with Gasteiger partial charge in [-0.15, -0.1) is 0 Å². The number of nitrogens with zero attached hydrogens (tertiary/aromatic N) is 10. The topological polar surface area (TPSA) is 446 Å². The Morgan fingerprint density at radius 1 is 0.423 bits per heavy atom. The molecule has 15 N–H and O–H groups in total. The molecule has 0 fully saturated rings. The monoisotopic (exact) mass is 1570 g/mol. The van der Waals surface area contributed by atoms with Crippen molar-refractivity contribution in [1.29, 1.82) is 0 Å². The van der Waals surface area contributed by atoms with Crippen LogP contribution in [0.3, 0.4) is 0 Å².